The summed E-state index contributed by atoms with van der Waals surface area (Å²) in [5.41, 5.74) is 5.34. The lowest BCUT2D eigenvalue weighted by atomic mass is 10.0. The first kappa shape index (κ1) is 20.1. The van der Waals surface area contributed by atoms with E-state index >= 15 is 0 Å². The topological polar surface area (TPSA) is 91.7 Å². The number of nitriles is 2. The van der Waals surface area contributed by atoms with Crippen molar-refractivity contribution >= 4 is 17.6 Å². The van der Waals surface area contributed by atoms with Gasteiger partial charge in [-0.2, -0.15) is 10.5 Å². The second kappa shape index (κ2) is 8.18. The Morgan fingerprint density at radius 1 is 1.17 bits per heavy atom. The molecule has 1 aromatic carbocycles. The maximum Gasteiger partial charge on any atom is 0.339 e. The minimum atomic E-state index is -0.532. The molecule has 0 bridgehead atoms. The van der Waals surface area contributed by atoms with Crippen LogP contribution in [0.1, 0.15) is 38.6 Å². The van der Waals surface area contributed by atoms with E-state index in [9.17, 15) is 10.1 Å². The minimum Gasteiger partial charge on any atom is -0.465 e. The lowest BCUT2D eigenvalue weighted by Gasteiger charge is -2.11. The number of pyridine rings is 1. The number of hydrogen-bond donors (Lipinski definition) is 0. The quantitative estimate of drug-likeness (QED) is 0.601. The van der Waals surface area contributed by atoms with Crippen LogP contribution in [0.5, 0.6) is 0 Å². The first-order valence-electron chi connectivity index (χ1n) is 8.74. The van der Waals surface area contributed by atoms with Crippen LogP contribution in [-0.4, -0.2) is 22.6 Å². The summed E-state index contributed by atoms with van der Waals surface area (Å²) in [6.07, 6.45) is 1.42. The van der Waals surface area contributed by atoms with Crippen LogP contribution in [0.15, 0.2) is 36.5 Å². The van der Waals surface area contributed by atoms with Crippen LogP contribution in [0.4, 0.5) is 0 Å². The number of ether oxygens (including phenoxy) is 1. The average molecular weight is 405 g/mol. The van der Waals surface area contributed by atoms with Crippen molar-refractivity contribution < 1.29 is 9.53 Å². The van der Waals surface area contributed by atoms with Crippen molar-refractivity contribution in [3.8, 4) is 23.3 Å². The first-order chi connectivity index (χ1) is 13.9. The van der Waals surface area contributed by atoms with Crippen LogP contribution in [0.25, 0.3) is 11.1 Å². The lowest BCUT2D eigenvalue weighted by molar-refractivity contribution is 0.0600. The molecular weight excluding hydrogens is 388 g/mol. The predicted molar refractivity (Wildman–Crippen MR) is 108 cm³/mol. The molecule has 3 aromatic rings. The van der Waals surface area contributed by atoms with Gasteiger partial charge in [0.05, 0.1) is 47.1 Å². The lowest BCUT2D eigenvalue weighted by Crippen LogP contribution is -2.09. The molecule has 144 valence electrons. The van der Waals surface area contributed by atoms with E-state index in [2.05, 4.69) is 17.1 Å². The summed E-state index contributed by atoms with van der Waals surface area (Å²) < 4.78 is 6.74. The van der Waals surface area contributed by atoms with Crippen molar-refractivity contribution in [2.24, 2.45) is 0 Å². The highest BCUT2D eigenvalue weighted by molar-refractivity contribution is 6.33. The Kier molecular flexibility index (Phi) is 5.68. The summed E-state index contributed by atoms with van der Waals surface area (Å²) >= 11 is 6.06. The van der Waals surface area contributed by atoms with Gasteiger partial charge in [-0.25, -0.2) is 4.79 Å². The molecule has 0 saturated heterocycles. The normalized spacial score (nSPS) is 10.3. The number of aromatic nitrogens is 2. The van der Waals surface area contributed by atoms with Crippen molar-refractivity contribution in [3.05, 3.63) is 75.3 Å². The molecule has 6 nitrogen and oxygen atoms in total. The summed E-state index contributed by atoms with van der Waals surface area (Å²) in [5.74, 6) is -0.532. The van der Waals surface area contributed by atoms with E-state index in [1.807, 2.05) is 30.5 Å². The monoisotopic (exact) mass is 404 g/mol. The smallest absolute Gasteiger partial charge is 0.339 e. The molecule has 2 aromatic heterocycles. The van der Waals surface area contributed by atoms with Gasteiger partial charge in [-0.1, -0.05) is 23.7 Å². The molecule has 0 saturated carbocycles. The number of hydrogen-bond acceptors (Lipinski definition) is 5. The second-order valence-corrected chi connectivity index (χ2v) is 6.86. The molecular formula is C22H17ClN4O2. The van der Waals surface area contributed by atoms with Crippen molar-refractivity contribution in [2.45, 2.75) is 20.4 Å². The predicted octanol–water partition coefficient (Wildman–Crippen LogP) is 4.40. The Morgan fingerprint density at radius 2 is 1.86 bits per heavy atom. The molecule has 0 aliphatic heterocycles. The summed E-state index contributed by atoms with van der Waals surface area (Å²) in [5, 5.41) is 19.0. The standard InChI is InChI=1S/C22H17ClN4O2/c1-13-19(10-25)21(16-6-4-15(9-24)5-7-16)14(2)27(13)12-17-8-18(22(28)29-3)20(23)11-26-17/h4-8,11H,12H2,1-3H3. The highest BCUT2D eigenvalue weighted by Gasteiger charge is 2.20. The minimum absolute atomic E-state index is 0.220. The molecule has 2 heterocycles. The van der Waals surface area contributed by atoms with Crippen LogP contribution in [-0.2, 0) is 11.3 Å². The van der Waals surface area contributed by atoms with E-state index in [-0.39, 0.29) is 10.6 Å². The average Bonchev–Trinajstić information content (AvgIpc) is 2.98. The number of halogens is 1. The van der Waals surface area contributed by atoms with Gasteiger partial charge in [0.1, 0.15) is 6.07 Å². The Morgan fingerprint density at radius 3 is 2.45 bits per heavy atom. The molecule has 0 fully saturated rings. The van der Waals surface area contributed by atoms with E-state index < -0.39 is 5.97 Å². The van der Waals surface area contributed by atoms with Gasteiger partial charge in [-0.3, -0.25) is 4.98 Å². The van der Waals surface area contributed by atoms with E-state index in [0.717, 1.165) is 22.5 Å². The number of esters is 1. The number of carbonyl (C=O) groups is 1. The third-order valence-electron chi connectivity index (χ3n) is 4.84. The van der Waals surface area contributed by atoms with Crippen LogP contribution in [0.2, 0.25) is 5.02 Å². The Hall–Kier alpha value is -3.61. The van der Waals surface area contributed by atoms with Crippen molar-refractivity contribution in [2.75, 3.05) is 7.11 Å². The van der Waals surface area contributed by atoms with E-state index in [1.54, 1.807) is 18.2 Å². The molecule has 3 rings (SSSR count). The maximum absolute atomic E-state index is 11.9. The van der Waals surface area contributed by atoms with Crippen molar-refractivity contribution in [3.63, 3.8) is 0 Å². The van der Waals surface area contributed by atoms with Crippen LogP contribution < -0.4 is 0 Å². The summed E-state index contributed by atoms with van der Waals surface area (Å²) in [4.78, 5) is 16.2. The third-order valence-corrected chi connectivity index (χ3v) is 5.14. The SMILES string of the molecule is COC(=O)c1cc(Cn2c(C)c(C#N)c(-c3ccc(C#N)cc3)c2C)ncc1Cl. The fraction of sp³-hybridized carbons (Fsp3) is 0.182. The van der Waals surface area contributed by atoms with Gasteiger partial charge < -0.3 is 9.30 Å². The van der Waals surface area contributed by atoms with Gasteiger partial charge >= 0.3 is 5.97 Å². The zero-order chi connectivity index (χ0) is 21.1. The Bertz CT molecular complexity index is 1180. The zero-order valence-corrected chi connectivity index (χ0v) is 16.9. The summed E-state index contributed by atoms with van der Waals surface area (Å²) in [7, 11) is 1.29. The highest BCUT2D eigenvalue weighted by Crippen LogP contribution is 2.32. The Balaban J connectivity index is 2.08. The molecule has 0 spiro atoms. The van der Waals surface area contributed by atoms with Gasteiger partial charge in [0.2, 0.25) is 0 Å². The van der Waals surface area contributed by atoms with Crippen molar-refractivity contribution in [1.29, 1.82) is 10.5 Å². The van der Waals surface area contributed by atoms with Gasteiger partial charge in [0.25, 0.3) is 0 Å². The maximum atomic E-state index is 11.9. The molecule has 29 heavy (non-hydrogen) atoms. The van der Waals surface area contributed by atoms with Gasteiger partial charge in [-0.05, 0) is 37.6 Å². The molecule has 0 aliphatic rings. The van der Waals surface area contributed by atoms with Gasteiger partial charge in [0, 0.05) is 23.1 Å². The molecule has 0 aliphatic carbocycles. The molecule has 0 radical (unpaired) electrons. The van der Waals surface area contributed by atoms with E-state index in [0.29, 0.717) is 23.4 Å². The third kappa shape index (κ3) is 3.71. The van der Waals surface area contributed by atoms with E-state index in [1.165, 1.54) is 13.3 Å². The number of methoxy groups -OCH3 is 1. The van der Waals surface area contributed by atoms with Gasteiger partial charge in [0.15, 0.2) is 0 Å². The molecule has 0 unspecified atom stereocenters. The Labute approximate surface area is 173 Å². The zero-order valence-electron chi connectivity index (χ0n) is 16.2. The molecule has 0 amide bonds. The van der Waals surface area contributed by atoms with Crippen LogP contribution in [0.3, 0.4) is 0 Å². The van der Waals surface area contributed by atoms with Gasteiger partial charge in [-0.15, -0.1) is 0 Å². The number of benzene rings is 1. The largest absolute Gasteiger partial charge is 0.465 e. The fourth-order valence-electron chi connectivity index (χ4n) is 3.32. The van der Waals surface area contributed by atoms with E-state index in [4.69, 9.17) is 21.6 Å². The molecule has 0 atom stereocenters. The van der Waals surface area contributed by atoms with Crippen LogP contribution >= 0.6 is 11.6 Å². The second-order valence-electron chi connectivity index (χ2n) is 6.45. The summed E-state index contributed by atoms with van der Waals surface area (Å²) in [6, 6.07) is 13.1. The summed E-state index contributed by atoms with van der Waals surface area (Å²) in [6.45, 7) is 4.16. The number of carbonyl (C=O) groups excluding carboxylic acids is 1. The number of rotatable bonds is 4. The molecule has 7 heteroatoms. The molecule has 0 N–H and O–H groups in total. The van der Waals surface area contributed by atoms with Crippen LogP contribution in [0, 0.1) is 36.5 Å². The van der Waals surface area contributed by atoms with Crippen molar-refractivity contribution in [1.82, 2.24) is 9.55 Å². The first-order valence-corrected chi connectivity index (χ1v) is 9.12. The highest BCUT2D eigenvalue weighted by atomic mass is 35.5. The number of nitrogens with zero attached hydrogens (tertiary/aromatic N) is 4. The fourth-order valence-corrected chi connectivity index (χ4v) is 3.50.